The van der Waals surface area contributed by atoms with Crippen molar-refractivity contribution in [2.24, 2.45) is 5.92 Å². The Bertz CT molecular complexity index is 335. The van der Waals surface area contributed by atoms with Gasteiger partial charge in [0, 0.05) is 17.8 Å². The molecule has 3 heteroatoms. The van der Waals surface area contributed by atoms with E-state index >= 15 is 0 Å². The van der Waals surface area contributed by atoms with Crippen LogP contribution in [0.15, 0.2) is 5.38 Å². The molecular formula is C16H30N2S. The molecule has 1 aromatic rings. The fourth-order valence-corrected chi connectivity index (χ4v) is 3.29. The molecule has 0 aromatic carbocycles. The quantitative estimate of drug-likeness (QED) is 0.679. The normalized spacial score (nSPS) is 14.5. The summed E-state index contributed by atoms with van der Waals surface area (Å²) in [5.41, 5.74) is 1.26. The first-order chi connectivity index (χ1) is 9.19. The molecule has 0 fully saturated rings. The standard InChI is InChI=1S/C16H30N2S/c1-5-8-9-14(6-2)10-15(17-7-3)11-16-12-19-13(4)18-16/h12,14-15,17H,5-11H2,1-4H3. The Morgan fingerprint density at radius 2 is 2.11 bits per heavy atom. The summed E-state index contributed by atoms with van der Waals surface area (Å²) in [7, 11) is 0. The molecule has 1 heterocycles. The summed E-state index contributed by atoms with van der Waals surface area (Å²) in [5.74, 6) is 0.865. The summed E-state index contributed by atoms with van der Waals surface area (Å²) in [4.78, 5) is 4.61. The molecule has 0 aliphatic heterocycles. The zero-order chi connectivity index (χ0) is 14.1. The van der Waals surface area contributed by atoms with Crippen molar-refractivity contribution in [1.82, 2.24) is 10.3 Å². The number of aryl methyl sites for hydroxylation is 1. The Balaban J connectivity index is 2.50. The lowest BCUT2D eigenvalue weighted by Gasteiger charge is -2.23. The van der Waals surface area contributed by atoms with Crippen LogP contribution in [0.5, 0.6) is 0 Å². The summed E-state index contributed by atoms with van der Waals surface area (Å²) in [6, 6.07) is 0.591. The Hall–Kier alpha value is -0.410. The van der Waals surface area contributed by atoms with Crippen molar-refractivity contribution < 1.29 is 0 Å². The number of nitrogens with one attached hydrogen (secondary N) is 1. The predicted molar refractivity (Wildman–Crippen MR) is 85.9 cm³/mol. The third-order valence-electron chi connectivity index (χ3n) is 3.78. The third-order valence-corrected chi connectivity index (χ3v) is 4.60. The highest BCUT2D eigenvalue weighted by molar-refractivity contribution is 7.09. The van der Waals surface area contributed by atoms with E-state index < -0.39 is 0 Å². The second-order valence-corrected chi connectivity index (χ2v) is 6.53. The van der Waals surface area contributed by atoms with Crippen molar-refractivity contribution in [2.75, 3.05) is 6.54 Å². The van der Waals surface area contributed by atoms with Gasteiger partial charge in [-0.15, -0.1) is 11.3 Å². The molecule has 0 bridgehead atoms. The van der Waals surface area contributed by atoms with Crippen LogP contribution in [0.1, 0.15) is 63.6 Å². The molecule has 2 nitrogen and oxygen atoms in total. The molecular weight excluding hydrogens is 252 g/mol. The number of rotatable bonds is 10. The number of thiazole rings is 1. The van der Waals surface area contributed by atoms with Gasteiger partial charge >= 0.3 is 0 Å². The third kappa shape index (κ3) is 6.53. The van der Waals surface area contributed by atoms with Crippen LogP contribution in [-0.2, 0) is 6.42 Å². The van der Waals surface area contributed by atoms with Gasteiger partial charge in [-0.3, -0.25) is 0 Å². The van der Waals surface area contributed by atoms with Crippen molar-refractivity contribution in [3.05, 3.63) is 16.1 Å². The Labute approximate surface area is 123 Å². The molecule has 1 aromatic heterocycles. The Kier molecular flexibility index (Phi) is 8.31. The number of aromatic nitrogens is 1. The van der Waals surface area contributed by atoms with E-state index in [1.54, 1.807) is 11.3 Å². The highest BCUT2D eigenvalue weighted by atomic mass is 32.1. The monoisotopic (exact) mass is 282 g/mol. The molecule has 0 saturated carbocycles. The lowest BCUT2D eigenvalue weighted by Crippen LogP contribution is -2.33. The highest BCUT2D eigenvalue weighted by Crippen LogP contribution is 2.21. The summed E-state index contributed by atoms with van der Waals surface area (Å²) >= 11 is 1.76. The van der Waals surface area contributed by atoms with Crippen molar-refractivity contribution in [3.8, 4) is 0 Å². The largest absolute Gasteiger partial charge is 0.314 e. The minimum Gasteiger partial charge on any atom is -0.314 e. The molecule has 110 valence electrons. The van der Waals surface area contributed by atoms with Crippen LogP contribution < -0.4 is 5.32 Å². The molecule has 2 atom stereocenters. The van der Waals surface area contributed by atoms with Crippen LogP contribution in [0.3, 0.4) is 0 Å². The van der Waals surface area contributed by atoms with E-state index in [2.05, 4.69) is 43.4 Å². The lowest BCUT2D eigenvalue weighted by atomic mass is 9.90. The Morgan fingerprint density at radius 1 is 1.32 bits per heavy atom. The van der Waals surface area contributed by atoms with E-state index in [-0.39, 0.29) is 0 Å². The smallest absolute Gasteiger partial charge is 0.0897 e. The first-order valence-electron chi connectivity index (χ1n) is 7.83. The van der Waals surface area contributed by atoms with Crippen LogP contribution >= 0.6 is 11.3 Å². The van der Waals surface area contributed by atoms with Crippen LogP contribution in [0.4, 0.5) is 0 Å². The molecule has 0 aliphatic rings. The Morgan fingerprint density at radius 3 is 2.63 bits per heavy atom. The van der Waals surface area contributed by atoms with Crippen molar-refractivity contribution in [3.63, 3.8) is 0 Å². The maximum absolute atomic E-state index is 4.61. The molecule has 0 saturated heterocycles. The zero-order valence-corrected chi connectivity index (χ0v) is 13.9. The topological polar surface area (TPSA) is 24.9 Å². The summed E-state index contributed by atoms with van der Waals surface area (Å²) < 4.78 is 0. The van der Waals surface area contributed by atoms with Gasteiger partial charge in [0.15, 0.2) is 0 Å². The fourth-order valence-electron chi connectivity index (χ4n) is 2.67. The maximum Gasteiger partial charge on any atom is 0.0897 e. The van der Waals surface area contributed by atoms with Crippen LogP contribution in [0.2, 0.25) is 0 Å². The number of unbranched alkanes of at least 4 members (excludes halogenated alkanes) is 1. The summed E-state index contributed by atoms with van der Waals surface area (Å²) in [5, 5.41) is 7.04. The van der Waals surface area contributed by atoms with E-state index in [4.69, 9.17) is 0 Å². The lowest BCUT2D eigenvalue weighted by molar-refractivity contribution is 0.349. The van der Waals surface area contributed by atoms with Gasteiger partial charge in [-0.2, -0.15) is 0 Å². The zero-order valence-electron chi connectivity index (χ0n) is 13.0. The van der Waals surface area contributed by atoms with E-state index in [1.165, 1.54) is 42.8 Å². The van der Waals surface area contributed by atoms with Crippen molar-refractivity contribution in [2.45, 2.75) is 72.3 Å². The average molecular weight is 282 g/mol. The molecule has 1 N–H and O–H groups in total. The van der Waals surface area contributed by atoms with Gasteiger partial charge in [0.05, 0.1) is 10.7 Å². The first kappa shape index (κ1) is 16.6. The van der Waals surface area contributed by atoms with E-state index in [0.29, 0.717) is 6.04 Å². The highest BCUT2D eigenvalue weighted by Gasteiger charge is 2.16. The van der Waals surface area contributed by atoms with E-state index in [0.717, 1.165) is 18.9 Å². The molecule has 0 amide bonds. The van der Waals surface area contributed by atoms with Crippen molar-refractivity contribution >= 4 is 11.3 Å². The molecule has 19 heavy (non-hydrogen) atoms. The van der Waals surface area contributed by atoms with Crippen LogP contribution in [0, 0.1) is 12.8 Å². The van der Waals surface area contributed by atoms with Gasteiger partial charge < -0.3 is 5.32 Å². The first-order valence-corrected chi connectivity index (χ1v) is 8.71. The molecule has 2 unspecified atom stereocenters. The minimum atomic E-state index is 0.591. The molecule has 0 spiro atoms. The van der Waals surface area contributed by atoms with Gasteiger partial charge in [0.2, 0.25) is 0 Å². The summed E-state index contributed by atoms with van der Waals surface area (Å²) in [6.45, 7) is 9.96. The average Bonchev–Trinajstić information content (AvgIpc) is 2.80. The number of nitrogens with zero attached hydrogens (tertiary/aromatic N) is 1. The minimum absolute atomic E-state index is 0.591. The molecule has 1 rings (SSSR count). The molecule has 0 radical (unpaired) electrons. The van der Waals surface area contributed by atoms with Gasteiger partial charge in [0.1, 0.15) is 0 Å². The summed E-state index contributed by atoms with van der Waals surface area (Å²) in [6.07, 6.45) is 7.74. The van der Waals surface area contributed by atoms with E-state index in [9.17, 15) is 0 Å². The van der Waals surface area contributed by atoms with E-state index in [1.807, 2.05) is 0 Å². The number of likely N-dealkylation sites (N-methyl/N-ethyl adjacent to an activating group) is 1. The van der Waals surface area contributed by atoms with Gasteiger partial charge in [0.25, 0.3) is 0 Å². The second kappa shape index (κ2) is 9.49. The van der Waals surface area contributed by atoms with Gasteiger partial charge in [-0.1, -0.05) is 46.5 Å². The van der Waals surface area contributed by atoms with Gasteiger partial charge in [-0.05, 0) is 25.8 Å². The predicted octanol–water partition coefficient (Wildman–Crippen LogP) is 4.58. The fraction of sp³-hybridized carbons (Fsp3) is 0.812. The van der Waals surface area contributed by atoms with Crippen LogP contribution in [-0.4, -0.2) is 17.6 Å². The number of hydrogen-bond donors (Lipinski definition) is 1. The SMILES string of the molecule is CCCCC(CC)CC(Cc1csc(C)n1)NCC. The van der Waals surface area contributed by atoms with Crippen molar-refractivity contribution in [1.29, 1.82) is 0 Å². The van der Waals surface area contributed by atoms with Crippen LogP contribution in [0.25, 0.3) is 0 Å². The van der Waals surface area contributed by atoms with Gasteiger partial charge in [-0.25, -0.2) is 4.98 Å². The maximum atomic E-state index is 4.61. The second-order valence-electron chi connectivity index (χ2n) is 5.47. The number of hydrogen-bond acceptors (Lipinski definition) is 3. The molecule has 0 aliphatic carbocycles.